The van der Waals surface area contributed by atoms with E-state index in [1.165, 1.54) is 0 Å². The van der Waals surface area contributed by atoms with Crippen LogP contribution in [0.4, 0.5) is 0 Å². The van der Waals surface area contributed by atoms with Crippen LogP contribution >= 0.6 is 0 Å². The first-order valence-electron chi connectivity index (χ1n) is 0. The smallest absolute Gasteiger partial charge is 0.0149 e. The van der Waals surface area contributed by atoms with Crippen LogP contribution in [0.3, 0.4) is 0 Å². The van der Waals surface area contributed by atoms with Gasteiger partial charge in [-0.25, -0.2) is 0 Å². The first-order valence-corrected chi connectivity index (χ1v) is 0. The minimum atomic E-state index is 0. The van der Waals surface area contributed by atoms with Crippen LogP contribution in [-0.2, 0) is 42.8 Å². The second kappa shape index (κ2) is 22.4. The van der Waals surface area contributed by atoms with E-state index in [9.17, 15) is 0 Å². The molecule has 0 aromatic rings. The Kier molecular flexibility index (Phi) is 246. The van der Waals surface area contributed by atoms with Gasteiger partial charge in [0.15, 0.2) is 0 Å². The van der Waals surface area contributed by atoms with Crippen LogP contribution in [0.5, 0.6) is 0 Å². The fourth-order valence-electron chi connectivity index (χ4n) is 0. The van der Waals surface area contributed by atoms with Crippen LogP contribution in [0.2, 0.25) is 0 Å². The molecular weight excluding hydrogens is 183 g/mol. The van der Waals surface area contributed by atoms with Crippen molar-refractivity contribution in [2.24, 2.45) is 0 Å². The van der Waals surface area contributed by atoms with E-state index in [0.717, 1.165) is 0 Å². The van der Waals surface area contributed by atoms with Crippen molar-refractivity contribution in [2.75, 3.05) is 0 Å². The Morgan fingerprint density at radius 2 is 1.00 bits per heavy atom. The van der Waals surface area contributed by atoms with Gasteiger partial charge in [-0.2, -0.15) is 0 Å². The molecule has 0 N–H and O–H groups in total. The summed E-state index contributed by atoms with van der Waals surface area (Å²) in [7, 11) is 0. The molecule has 4 heteroatoms. The number of hydrogen-bond donors (Lipinski definition) is 0. The molecule has 0 amide bonds. The van der Waals surface area contributed by atoms with E-state index in [2.05, 4.69) is 0 Å². The van der Waals surface area contributed by atoms with Crippen molar-refractivity contribution >= 4 is 19.4 Å². The Bertz CT molecular complexity index is 8.00. The Hall–Kier alpha value is 1.68. The van der Waals surface area contributed by atoms with Crippen LogP contribution in [0, 0.1) is 0 Å². The van der Waals surface area contributed by atoms with Crippen LogP contribution < -0.4 is 0 Å². The first-order chi connectivity index (χ1) is 0. The van der Waals surface area contributed by atoms with Gasteiger partial charge in [0, 0.05) is 42.8 Å². The van der Waals surface area contributed by atoms with Gasteiger partial charge in [0.25, 0.3) is 0 Å². The molecule has 24 valence electrons. The molecular formula is H7BMoSiTi. The normalized spacial score (nSPS) is 0. The quantitative estimate of drug-likeness (QED) is 0.366. The Morgan fingerprint density at radius 3 is 1.00 bits per heavy atom. The van der Waals surface area contributed by atoms with Gasteiger partial charge in [-0.05, 0) is 11.0 Å². The second-order valence-electron chi connectivity index (χ2n) is 0. The zero-order chi connectivity index (χ0) is 0. The Balaban J connectivity index is 0. The van der Waals surface area contributed by atoms with Crippen LogP contribution in [0.25, 0.3) is 0 Å². The van der Waals surface area contributed by atoms with Crippen molar-refractivity contribution in [1.82, 2.24) is 0 Å². The third kappa shape index (κ3) is 9.36. The predicted molar refractivity (Wildman–Crippen MR) is 21.3 cm³/mol. The third-order valence-electron chi connectivity index (χ3n) is 0. The second-order valence-corrected chi connectivity index (χ2v) is 0. The molecule has 0 bridgehead atoms. The molecule has 0 aromatic carbocycles. The van der Waals surface area contributed by atoms with Crippen molar-refractivity contribution in [3.05, 3.63) is 0 Å². The molecule has 0 fully saturated rings. The van der Waals surface area contributed by atoms with Gasteiger partial charge in [0.2, 0.25) is 0 Å². The molecule has 0 aliphatic carbocycles. The Labute approximate surface area is 61.9 Å². The van der Waals surface area contributed by atoms with Gasteiger partial charge in [-0.1, -0.05) is 0 Å². The van der Waals surface area contributed by atoms with Gasteiger partial charge < -0.3 is 0 Å². The molecule has 0 heterocycles. The van der Waals surface area contributed by atoms with E-state index in [1.54, 1.807) is 0 Å². The molecule has 4 heavy (non-hydrogen) atoms. The molecule has 0 aliphatic heterocycles. The summed E-state index contributed by atoms with van der Waals surface area (Å²) in [5.41, 5.74) is 0. The third-order valence-corrected chi connectivity index (χ3v) is 0. The average molecular weight is 190 g/mol. The summed E-state index contributed by atoms with van der Waals surface area (Å²) < 4.78 is 0. The van der Waals surface area contributed by atoms with Crippen LogP contribution in [0.1, 0.15) is 0 Å². The number of hydrogen-bond acceptors (Lipinski definition) is 0. The summed E-state index contributed by atoms with van der Waals surface area (Å²) in [6.07, 6.45) is 0. The molecule has 0 aliphatic rings. The van der Waals surface area contributed by atoms with Gasteiger partial charge in [0.05, 0.1) is 8.41 Å². The first kappa shape index (κ1) is 44.0. The summed E-state index contributed by atoms with van der Waals surface area (Å²) >= 11 is 0. The van der Waals surface area contributed by atoms with Crippen molar-refractivity contribution in [3.8, 4) is 0 Å². The fraction of sp³-hybridized carbons (Fsp3) is 0. The zero-order valence-corrected chi connectivity index (χ0v) is 4.48. The van der Waals surface area contributed by atoms with Crippen molar-refractivity contribution in [2.45, 2.75) is 0 Å². The molecule has 0 aromatic heterocycles. The van der Waals surface area contributed by atoms with E-state index in [-0.39, 0.29) is 62.2 Å². The van der Waals surface area contributed by atoms with E-state index < -0.39 is 0 Å². The average Bonchev–Trinajstić information content (AvgIpc) is 0. The topological polar surface area (TPSA) is 0 Å². The van der Waals surface area contributed by atoms with Gasteiger partial charge in [0.1, 0.15) is 0 Å². The van der Waals surface area contributed by atoms with E-state index in [1.807, 2.05) is 0 Å². The van der Waals surface area contributed by atoms with E-state index in [4.69, 9.17) is 0 Å². The molecule has 0 radical (unpaired) electrons. The fourth-order valence-corrected chi connectivity index (χ4v) is 0. The maximum atomic E-state index is 0. The molecule has 0 spiro atoms. The summed E-state index contributed by atoms with van der Waals surface area (Å²) in [5, 5.41) is 0. The molecule has 0 atom stereocenters. The van der Waals surface area contributed by atoms with Gasteiger partial charge in [-0.15, -0.1) is 0 Å². The minimum absolute atomic E-state index is 0. The predicted octanol–water partition coefficient (Wildman–Crippen LogP) is -2.64. The molecule has 0 saturated heterocycles. The molecule has 0 rings (SSSR count). The maximum absolute atomic E-state index is 0. The van der Waals surface area contributed by atoms with E-state index >= 15 is 0 Å². The molecule has 0 nitrogen and oxygen atoms in total. The van der Waals surface area contributed by atoms with Crippen molar-refractivity contribution in [1.29, 1.82) is 0 Å². The van der Waals surface area contributed by atoms with Gasteiger partial charge >= 0.3 is 0 Å². The molecule has 0 unspecified atom stereocenters. The minimum Gasteiger partial charge on any atom is -0.0149 e. The van der Waals surface area contributed by atoms with Crippen LogP contribution in [-0.4, -0.2) is 19.4 Å². The Morgan fingerprint density at radius 1 is 1.00 bits per heavy atom. The molecule has 0 saturated carbocycles. The largest absolute Gasteiger partial charge is 0.0814 e. The van der Waals surface area contributed by atoms with Crippen LogP contribution in [0.15, 0.2) is 0 Å². The SMILES string of the molecule is B.[Mo].[SiH4].[Ti]. The summed E-state index contributed by atoms with van der Waals surface area (Å²) in [6.45, 7) is 0. The zero-order valence-electron chi connectivity index (χ0n) is 0.908. The van der Waals surface area contributed by atoms with Crippen molar-refractivity contribution in [3.63, 3.8) is 0 Å². The summed E-state index contributed by atoms with van der Waals surface area (Å²) in [4.78, 5) is 0. The number of rotatable bonds is 0. The summed E-state index contributed by atoms with van der Waals surface area (Å²) in [6, 6.07) is 0. The van der Waals surface area contributed by atoms with Crippen molar-refractivity contribution < 1.29 is 42.8 Å². The van der Waals surface area contributed by atoms with E-state index in [0.29, 0.717) is 0 Å². The summed E-state index contributed by atoms with van der Waals surface area (Å²) in [5.74, 6) is 0. The standard InChI is InChI=1S/BH3.Mo.H4Si.Ti/h1H3;;1H4;. The maximum Gasteiger partial charge on any atom is 0.0814 e. The monoisotopic (exact) mass is 192 g/mol. The van der Waals surface area contributed by atoms with Gasteiger partial charge in [-0.3, -0.25) is 0 Å².